The number of nitrogens with zero attached hydrogens (tertiary/aromatic N) is 1. The molecule has 4 nitrogen and oxygen atoms in total. The molecule has 1 aromatic carbocycles. The lowest BCUT2D eigenvalue weighted by molar-refractivity contribution is -0.140. The molecule has 1 aliphatic rings. The maximum atomic E-state index is 11.3. The van der Waals surface area contributed by atoms with E-state index in [1.54, 1.807) is 12.1 Å². The first kappa shape index (κ1) is 18.4. The summed E-state index contributed by atoms with van der Waals surface area (Å²) in [6.07, 6.45) is 4.06. The molecule has 1 heterocycles. The van der Waals surface area contributed by atoms with Crippen molar-refractivity contribution in [2.45, 2.75) is 48.4 Å². The first-order chi connectivity index (χ1) is 10.9. The number of hydrogen-bond acceptors (Lipinski definition) is 3. The number of carboxylic acid groups (broad SMARTS) is 1. The summed E-state index contributed by atoms with van der Waals surface area (Å²) in [5.41, 5.74) is -0.180. The molecule has 0 aromatic heterocycles. The van der Waals surface area contributed by atoms with Crippen molar-refractivity contribution in [1.29, 1.82) is 0 Å². The van der Waals surface area contributed by atoms with E-state index in [9.17, 15) is 15.0 Å². The molecule has 2 N–H and O–H groups in total. The number of hydrogen-bond donors (Lipinski definition) is 2. The highest BCUT2D eigenvalue weighted by Gasteiger charge is 2.47. The van der Waals surface area contributed by atoms with Crippen LogP contribution in [0.2, 0.25) is 0 Å². The van der Waals surface area contributed by atoms with Crippen LogP contribution in [0.3, 0.4) is 0 Å². The molecule has 4 atom stereocenters. The Morgan fingerprint density at radius 3 is 2.78 bits per heavy atom. The Labute approximate surface area is 149 Å². The van der Waals surface area contributed by atoms with E-state index in [2.05, 4.69) is 27.8 Å². The van der Waals surface area contributed by atoms with Gasteiger partial charge in [0.1, 0.15) is 5.60 Å². The van der Waals surface area contributed by atoms with Crippen LogP contribution in [0.15, 0.2) is 29.3 Å². The largest absolute Gasteiger partial charge is 0.481 e. The second-order valence-electron chi connectivity index (χ2n) is 5.91. The summed E-state index contributed by atoms with van der Waals surface area (Å²) in [6, 6.07) is 7.22. The minimum Gasteiger partial charge on any atom is -0.481 e. The monoisotopic (exact) mass is 401 g/mol. The summed E-state index contributed by atoms with van der Waals surface area (Å²) < 4.78 is 0. The predicted octanol–water partition coefficient (Wildman–Crippen LogP) is 4.24. The van der Waals surface area contributed by atoms with Crippen molar-refractivity contribution >= 4 is 45.4 Å². The van der Waals surface area contributed by atoms with Crippen LogP contribution in [0.1, 0.15) is 38.2 Å². The molecule has 4 unspecified atom stereocenters. The van der Waals surface area contributed by atoms with Crippen molar-refractivity contribution in [2.75, 3.05) is 0 Å². The summed E-state index contributed by atoms with van der Waals surface area (Å²) in [5, 5.41) is 19.9. The Balaban J connectivity index is 2.32. The average molecular weight is 403 g/mol. The highest BCUT2D eigenvalue weighted by Crippen LogP contribution is 2.45. The number of aliphatic carboxylic acids is 1. The Morgan fingerprint density at radius 1 is 1.43 bits per heavy atom. The molecule has 1 aromatic rings. The molecule has 1 aliphatic heterocycles. The number of carbonyl (C=O) groups is 1. The average Bonchev–Trinajstić information content (AvgIpc) is 2.88. The van der Waals surface area contributed by atoms with Gasteiger partial charge in [0, 0.05) is 22.5 Å². The van der Waals surface area contributed by atoms with Gasteiger partial charge in [-0.2, -0.15) is 0 Å². The van der Waals surface area contributed by atoms with Gasteiger partial charge in [0.15, 0.2) is 0 Å². The second kappa shape index (κ2) is 7.77. The number of alkyl halides is 2. The molecule has 0 bridgehead atoms. The fraction of sp³-hybridized carbons (Fsp3) is 0.529. The lowest BCUT2D eigenvalue weighted by atomic mass is 9.77. The predicted molar refractivity (Wildman–Crippen MR) is 96.1 cm³/mol. The Morgan fingerprint density at radius 2 is 2.13 bits per heavy atom. The Bertz CT molecular complexity index is 595. The highest BCUT2D eigenvalue weighted by molar-refractivity contribution is 9.09. The number of unbranched alkanes of at least 4 members (excludes halogenated alkanes) is 1. The quantitative estimate of drug-likeness (QED) is 0.639. The molecule has 23 heavy (non-hydrogen) atoms. The molecule has 0 saturated carbocycles. The van der Waals surface area contributed by atoms with Crippen molar-refractivity contribution in [1.82, 2.24) is 0 Å². The zero-order chi connectivity index (χ0) is 17.0. The van der Waals surface area contributed by atoms with Gasteiger partial charge in [-0.25, -0.2) is 0 Å². The van der Waals surface area contributed by atoms with Crippen LogP contribution in [0.5, 0.6) is 0 Å². The Kier molecular flexibility index (Phi) is 6.23. The first-order valence-corrected chi connectivity index (χ1v) is 9.12. The van der Waals surface area contributed by atoms with Crippen LogP contribution in [-0.2, 0) is 10.4 Å². The van der Waals surface area contributed by atoms with Crippen LogP contribution in [-0.4, -0.2) is 32.6 Å². The van der Waals surface area contributed by atoms with E-state index in [0.717, 1.165) is 19.3 Å². The number of aliphatic imine (C=N–C) groups is 1. The number of aliphatic hydroxyl groups is 1. The minimum atomic E-state index is -1.46. The topological polar surface area (TPSA) is 69.9 Å². The zero-order valence-electron chi connectivity index (χ0n) is 13.0. The summed E-state index contributed by atoms with van der Waals surface area (Å²) in [5.74, 6) is -1.66. The number of benzene rings is 1. The lowest BCUT2D eigenvalue weighted by Gasteiger charge is -2.35. The first-order valence-electron chi connectivity index (χ1n) is 7.77. The van der Waals surface area contributed by atoms with Crippen molar-refractivity contribution in [3.8, 4) is 0 Å². The molecule has 6 heteroatoms. The molecule has 0 radical (unpaired) electrons. The number of para-hydroxylation sites is 1. The van der Waals surface area contributed by atoms with E-state index in [0.29, 0.717) is 11.3 Å². The van der Waals surface area contributed by atoms with Gasteiger partial charge in [0.2, 0.25) is 0 Å². The standard InChI is InChI=1S/C17H21BrClNO3/c1-2-3-7-13(18)16(19)12(9-15(21)22)17(23)10-20-14-8-5-4-6-11(14)17/h4-6,8,10,12-13,16,23H,2-3,7,9H2,1H3,(H,21,22). The van der Waals surface area contributed by atoms with Crippen molar-refractivity contribution < 1.29 is 15.0 Å². The van der Waals surface area contributed by atoms with E-state index < -0.39 is 22.9 Å². The SMILES string of the molecule is CCCCC(Br)C(Cl)C(CC(=O)O)C1(O)C=Nc2ccccc21. The molecule has 126 valence electrons. The van der Waals surface area contributed by atoms with Gasteiger partial charge in [0.05, 0.1) is 17.5 Å². The van der Waals surface area contributed by atoms with Crippen molar-refractivity contribution in [3.05, 3.63) is 29.8 Å². The highest BCUT2D eigenvalue weighted by atomic mass is 79.9. The van der Waals surface area contributed by atoms with Gasteiger partial charge in [-0.15, -0.1) is 11.6 Å². The van der Waals surface area contributed by atoms with E-state index in [4.69, 9.17) is 11.6 Å². The van der Waals surface area contributed by atoms with Crippen LogP contribution < -0.4 is 0 Å². The summed E-state index contributed by atoms with van der Waals surface area (Å²) in [4.78, 5) is 15.5. The van der Waals surface area contributed by atoms with Crippen LogP contribution in [0, 0.1) is 5.92 Å². The normalized spacial score (nSPS) is 23.3. The minimum absolute atomic E-state index is 0.0707. The van der Waals surface area contributed by atoms with Crippen LogP contribution >= 0.6 is 27.5 Å². The van der Waals surface area contributed by atoms with E-state index in [1.807, 2.05) is 12.1 Å². The molecule has 0 spiro atoms. The number of fused-ring (bicyclic) bond motifs is 1. The fourth-order valence-corrected chi connectivity index (χ4v) is 4.07. The molecule has 2 rings (SSSR count). The second-order valence-corrected chi connectivity index (χ2v) is 7.59. The molecule has 0 saturated heterocycles. The molecular weight excluding hydrogens is 382 g/mol. The van der Waals surface area contributed by atoms with E-state index in [1.165, 1.54) is 6.21 Å². The Hall–Kier alpha value is -0.910. The third-order valence-corrected chi connectivity index (χ3v) is 6.20. The summed E-state index contributed by atoms with van der Waals surface area (Å²) >= 11 is 10.1. The molecular formula is C17H21BrClNO3. The third-order valence-electron chi connectivity index (χ3n) is 4.26. The van der Waals surface area contributed by atoms with Gasteiger partial charge in [-0.1, -0.05) is 53.9 Å². The van der Waals surface area contributed by atoms with Crippen molar-refractivity contribution in [2.24, 2.45) is 10.9 Å². The van der Waals surface area contributed by atoms with E-state index >= 15 is 0 Å². The zero-order valence-corrected chi connectivity index (χ0v) is 15.3. The summed E-state index contributed by atoms with van der Waals surface area (Å²) in [6.45, 7) is 2.09. The molecule has 0 amide bonds. The van der Waals surface area contributed by atoms with Gasteiger partial charge in [0.25, 0.3) is 0 Å². The van der Waals surface area contributed by atoms with Crippen LogP contribution in [0.25, 0.3) is 0 Å². The maximum Gasteiger partial charge on any atom is 0.303 e. The van der Waals surface area contributed by atoms with Gasteiger partial charge >= 0.3 is 5.97 Å². The molecule has 0 aliphatic carbocycles. The number of halogens is 2. The summed E-state index contributed by atoms with van der Waals surface area (Å²) in [7, 11) is 0. The maximum absolute atomic E-state index is 11.3. The molecule has 0 fully saturated rings. The lowest BCUT2D eigenvalue weighted by Crippen LogP contribution is -2.44. The third kappa shape index (κ3) is 3.95. The van der Waals surface area contributed by atoms with Gasteiger partial charge < -0.3 is 10.2 Å². The van der Waals surface area contributed by atoms with Gasteiger partial charge in [-0.05, 0) is 12.5 Å². The van der Waals surface area contributed by atoms with Gasteiger partial charge in [-0.3, -0.25) is 9.79 Å². The number of carboxylic acids is 1. The van der Waals surface area contributed by atoms with E-state index in [-0.39, 0.29) is 11.2 Å². The smallest absolute Gasteiger partial charge is 0.303 e. The van der Waals surface area contributed by atoms with Crippen LogP contribution in [0.4, 0.5) is 5.69 Å². The fourth-order valence-electron chi connectivity index (χ4n) is 2.97. The number of rotatable bonds is 8. The van der Waals surface area contributed by atoms with Crippen molar-refractivity contribution in [3.63, 3.8) is 0 Å².